The van der Waals surface area contributed by atoms with Crippen molar-refractivity contribution in [3.63, 3.8) is 0 Å². The Labute approximate surface area is 129 Å². The molecule has 2 rings (SSSR count). The van der Waals surface area contributed by atoms with Crippen LogP contribution in [-0.4, -0.2) is 38.2 Å². The van der Waals surface area contributed by atoms with Gasteiger partial charge in [0, 0.05) is 24.3 Å². The van der Waals surface area contributed by atoms with E-state index in [1.807, 2.05) is 30.3 Å². The van der Waals surface area contributed by atoms with Gasteiger partial charge in [-0.25, -0.2) is 13.1 Å². The maximum Gasteiger partial charge on any atom is 0.241 e. The third kappa shape index (κ3) is 4.44. The normalized spacial score (nSPS) is 11.9. The van der Waals surface area contributed by atoms with Gasteiger partial charge in [-0.2, -0.15) is 11.8 Å². The first-order valence-corrected chi connectivity index (χ1v) is 9.45. The van der Waals surface area contributed by atoms with Crippen molar-refractivity contribution in [3.05, 3.63) is 42.5 Å². The van der Waals surface area contributed by atoms with Gasteiger partial charge in [0.15, 0.2) is 0 Å². The second-order valence-electron chi connectivity index (χ2n) is 4.56. The largest absolute Gasteiger partial charge is 0.396 e. The molecular formula is C15H19NO3S2. The van der Waals surface area contributed by atoms with E-state index in [1.165, 1.54) is 0 Å². The number of thioether (sulfide) groups is 1. The first-order chi connectivity index (χ1) is 10.1. The topological polar surface area (TPSA) is 66.4 Å². The molecule has 6 heteroatoms. The summed E-state index contributed by atoms with van der Waals surface area (Å²) in [5.41, 5.74) is 0. The zero-order valence-corrected chi connectivity index (χ0v) is 13.3. The Hall–Kier alpha value is -1.08. The molecule has 2 N–H and O–H groups in total. The molecule has 114 valence electrons. The second-order valence-corrected chi connectivity index (χ2v) is 7.52. The SMILES string of the molecule is O=S(=O)(NCCSCCCO)c1cccc2ccccc12. The molecule has 4 nitrogen and oxygen atoms in total. The van der Waals surface area contributed by atoms with E-state index in [2.05, 4.69) is 4.72 Å². The minimum absolute atomic E-state index is 0.175. The number of nitrogens with one attached hydrogen (secondary N) is 1. The summed E-state index contributed by atoms with van der Waals surface area (Å²) in [6.07, 6.45) is 0.737. The smallest absolute Gasteiger partial charge is 0.241 e. The first-order valence-electron chi connectivity index (χ1n) is 6.81. The highest BCUT2D eigenvalue weighted by atomic mass is 32.2. The lowest BCUT2D eigenvalue weighted by Gasteiger charge is -2.09. The molecule has 0 aliphatic carbocycles. The zero-order valence-electron chi connectivity index (χ0n) is 11.7. The average molecular weight is 325 g/mol. The van der Waals surface area contributed by atoms with Gasteiger partial charge in [0.2, 0.25) is 10.0 Å². The van der Waals surface area contributed by atoms with Crippen LogP contribution in [0.15, 0.2) is 47.4 Å². The fourth-order valence-electron chi connectivity index (χ4n) is 2.02. The summed E-state index contributed by atoms with van der Waals surface area (Å²) in [5, 5.41) is 10.3. The van der Waals surface area contributed by atoms with Crippen molar-refractivity contribution in [2.45, 2.75) is 11.3 Å². The molecular weight excluding hydrogens is 306 g/mol. The molecule has 0 aliphatic rings. The lowest BCUT2D eigenvalue weighted by Crippen LogP contribution is -2.26. The monoisotopic (exact) mass is 325 g/mol. The van der Waals surface area contributed by atoms with Gasteiger partial charge in [-0.05, 0) is 23.6 Å². The Bertz CT molecular complexity index is 681. The van der Waals surface area contributed by atoms with Crippen molar-refractivity contribution in [2.75, 3.05) is 24.7 Å². The number of sulfonamides is 1. The minimum Gasteiger partial charge on any atom is -0.396 e. The third-order valence-corrected chi connectivity index (χ3v) is 5.61. The fourth-order valence-corrected chi connectivity index (χ4v) is 4.20. The van der Waals surface area contributed by atoms with Crippen LogP contribution in [0.5, 0.6) is 0 Å². The van der Waals surface area contributed by atoms with E-state index in [9.17, 15) is 8.42 Å². The maximum atomic E-state index is 12.4. The van der Waals surface area contributed by atoms with Crippen LogP contribution in [0.3, 0.4) is 0 Å². The van der Waals surface area contributed by atoms with Crippen molar-refractivity contribution in [1.82, 2.24) is 4.72 Å². The molecule has 0 fully saturated rings. The Kier molecular flexibility index (Phi) is 6.05. The highest BCUT2D eigenvalue weighted by molar-refractivity contribution is 7.99. The van der Waals surface area contributed by atoms with Crippen LogP contribution in [0.2, 0.25) is 0 Å². The standard InChI is InChI=1S/C15H19NO3S2/c17-10-4-11-20-12-9-16-21(18,19)15-8-3-6-13-5-1-2-7-14(13)15/h1-3,5-8,16-17H,4,9-12H2. The fraction of sp³-hybridized carbons (Fsp3) is 0.333. The van der Waals surface area contributed by atoms with Crippen LogP contribution in [-0.2, 0) is 10.0 Å². The molecule has 0 atom stereocenters. The van der Waals surface area contributed by atoms with Crippen molar-refractivity contribution in [2.24, 2.45) is 0 Å². The van der Waals surface area contributed by atoms with E-state index in [1.54, 1.807) is 23.9 Å². The molecule has 0 saturated carbocycles. The first kappa shape index (κ1) is 16.3. The van der Waals surface area contributed by atoms with Crippen LogP contribution in [0.4, 0.5) is 0 Å². The second kappa shape index (κ2) is 7.79. The van der Waals surface area contributed by atoms with Gasteiger partial charge in [-0.15, -0.1) is 0 Å². The van der Waals surface area contributed by atoms with Crippen LogP contribution in [0, 0.1) is 0 Å². The Morgan fingerprint density at radius 2 is 1.81 bits per heavy atom. The van der Waals surface area contributed by atoms with E-state index in [0.29, 0.717) is 17.2 Å². The average Bonchev–Trinajstić information content (AvgIpc) is 2.50. The molecule has 0 radical (unpaired) electrons. The number of rotatable bonds is 8. The summed E-state index contributed by atoms with van der Waals surface area (Å²) < 4.78 is 27.4. The van der Waals surface area contributed by atoms with Gasteiger partial charge in [-0.3, -0.25) is 0 Å². The predicted molar refractivity (Wildman–Crippen MR) is 88.2 cm³/mol. The number of aliphatic hydroxyl groups is 1. The molecule has 0 spiro atoms. The minimum atomic E-state index is -3.49. The molecule has 0 amide bonds. The van der Waals surface area contributed by atoms with Gasteiger partial charge < -0.3 is 5.11 Å². The summed E-state index contributed by atoms with van der Waals surface area (Å²) in [7, 11) is -3.49. The van der Waals surface area contributed by atoms with Crippen molar-refractivity contribution in [3.8, 4) is 0 Å². The number of hydrogen-bond donors (Lipinski definition) is 2. The summed E-state index contributed by atoms with van der Waals surface area (Å²) in [6.45, 7) is 0.566. The Morgan fingerprint density at radius 1 is 1.05 bits per heavy atom. The third-order valence-electron chi connectivity index (χ3n) is 3.02. The van der Waals surface area contributed by atoms with Crippen LogP contribution < -0.4 is 4.72 Å². The van der Waals surface area contributed by atoms with Crippen LogP contribution in [0.1, 0.15) is 6.42 Å². The molecule has 0 unspecified atom stereocenters. The quantitative estimate of drug-likeness (QED) is 0.731. The van der Waals surface area contributed by atoms with Crippen LogP contribution >= 0.6 is 11.8 Å². The highest BCUT2D eigenvalue weighted by Crippen LogP contribution is 2.22. The zero-order chi connectivity index (χ0) is 15.1. The van der Waals surface area contributed by atoms with Gasteiger partial charge >= 0.3 is 0 Å². The maximum absolute atomic E-state index is 12.4. The molecule has 2 aromatic rings. The number of fused-ring (bicyclic) bond motifs is 1. The van der Waals surface area contributed by atoms with Gasteiger partial charge in [0.1, 0.15) is 0 Å². The predicted octanol–water partition coefficient (Wildman–Crippen LogP) is 2.23. The van der Waals surface area contributed by atoms with E-state index in [-0.39, 0.29) is 6.61 Å². The van der Waals surface area contributed by atoms with Gasteiger partial charge in [0.25, 0.3) is 0 Å². The number of benzene rings is 2. The molecule has 0 aliphatic heterocycles. The summed E-state index contributed by atoms with van der Waals surface area (Å²) in [4.78, 5) is 0.320. The summed E-state index contributed by atoms with van der Waals surface area (Å²) in [6, 6.07) is 12.7. The lowest BCUT2D eigenvalue weighted by atomic mass is 10.1. The Morgan fingerprint density at radius 3 is 2.62 bits per heavy atom. The van der Waals surface area contributed by atoms with E-state index in [0.717, 1.165) is 22.9 Å². The van der Waals surface area contributed by atoms with Gasteiger partial charge in [-0.1, -0.05) is 36.4 Å². The van der Waals surface area contributed by atoms with Crippen molar-refractivity contribution < 1.29 is 13.5 Å². The molecule has 0 heterocycles. The molecule has 21 heavy (non-hydrogen) atoms. The Balaban J connectivity index is 2.05. The molecule has 0 aromatic heterocycles. The van der Waals surface area contributed by atoms with Gasteiger partial charge in [0.05, 0.1) is 4.90 Å². The molecule has 0 saturated heterocycles. The van der Waals surface area contributed by atoms with E-state index < -0.39 is 10.0 Å². The van der Waals surface area contributed by atoms with E-state index >= 15 is 0 Å². The van der Waals surface area contributed by atoms with Crippen molar-refractivity contribution >= 4 is 32.6 Å². The summed E-state index contributed by atoms with van der Waals surface area (Å²) in [5.74, 6) is 1.54. The summed E-state index contributed by atoms with van der Waals surface area (Å²) >= 11 is 1.63. The number of aliphatic hydroxyl groups excluding tert-OH is 1. The van der Waals surface area contributed by atoms with E-state index in [4.69, 9.17) is 5.11 Å². The number of hydrogen-bond acceptors (Lipinski definition) is 4. The molecule has 2 aromatic carbocycles. The highest BCUT2D eigenvalue weighted by Gasteiger charge is 2.16. The lowest BCUT2D eigenvalue weighted by molar-refractivity contribution is 0.296. The van der Waals surface area contributed by atoms with Crippen LogP contribution in [0.25, 0.3) is 10.8 Å². The molecule has 0 bridgehead atoms. The van der Waals surface area contributed by atoms with Crippen molar-refractivity contribution in [1.29, 1.82) is 0 Å².